The van der Waals surface area contributed by atoms with Gasteiger partial charge >= 0.3 is 6.18 Å². The molecule has 0 saturated heterocycles. The number of halogens is 3. The second kappa shape index (κ2) is 8.78. The zero-order valence-corrected chi connectivity index (χ0v) is 20.4. The van der Waals surface area contributed by atoms with Crippen LogP contribution >= 0.6 is 11.3 Å². The maximum Gasteiger partial charge on any atom is 0.416 e. The van der Waals surface area contributed by atoms with Crippen molar-refractivity contribution in [2.24, 2.45) is 5.92 Å². The van der Waals surface area contributed by atoms with Gasteiger partial charge in [-0.05, 0) is 68.9 Å². The number of carbonyl (C=O) groups is 1. The third kappa shape index (κ3) is 4.33. The zero-order chi connectivity index (χ0) is 24.9. The van der Waals surface area contributed by atoms with Gasteiger partial charge in [-0.1, -0.05) is 13.0 Å². The molecule has 1 atom stereocenters. The van der Waals surface area contributed by atoms with Gasteiger partial charge in [-0.2, -0.15) is 13.2 Å². The Morgan fingerprint density at radius 1 is 1.23 bits per heavy atom. The molecular weight excluding hydrogens is 475 g/mol. The minimum Gasteiger partial charge on any atom is -0.469 e. The average molecular weight is 500 g/mol. The third-order valence-electron chi connectivity index (χ3n) is 6.56. The summed E-state index contributed by atoms with van der Waals surface area (Å²) >= 11 is 1.66. The van der Waals surface area contributed by atoms with Crippen molar-refractivity contribution >= 4 is 27.3 Å². The molecule has 4 aromatic rings. The molecule has 0 fully saturated rings. The maximum atomic E-state index is 13.2. The van der Waals surface area contributed by atoms with Crippen LogP contribution in [0.4, 0.5) is 13.2 Å². The summed E-state index contributed by atoms with van der Waals surface area (Å²) in [5, 5.41) is 0.890. The van der Waals surface area contributed by atoms with E-state index in [-0.39, 0.29) is 12.4 Å². The van der Waals surface area contributed by atoms with E-state index in [1.807, 2.05) is 0 Å². The van der Waals surface area contributed by atoms with Crippen LogP contribution in [0.25, 0.3) is 15.9 Å². The van der Waals surface area contributed by atoms with E-state index in [9.17, 15) is 18.0 Å². The van der Waals surface area contributed by atoms with Crippen LogP contribution in [-0.2, 0) is 19.0 Å². The number of ketones is 1. The molecule has 0 saturated carbocycles. The van der Waals surface area contributed by atoms with Crippen LogP contribution in [-0.4, -0.2) is 26.9 Å². The number of carbonyl (C=O) groups excluding carboxylic acids is 1. The summed E-state index contributed by atoms with van der Waals surface area (Å²) in [5.74, 6) is 0.768. The van der Waals surface area contributed by atoms with Crippen molar-refractivity contribution in [3.63, 3.8) is 0 Å². The fourth-order valence-electron chi connectivity index (χ4n) is 4.83. The Hall–Kier alpha value is -3.20. The van der Waals surface area contributed by atoms with E-state index in [1.54, 1.807) is 41.9 Å². The Balaban J connectivity index is 1.41. The van der Waals surface area contributed by atoms with Gasteiger partial charge in [0, 0.05) is 27.5 Å². The summed E-state index contributed by atoms with van der Waals surface area (Å²) in [6.45, 7) is 5.50. The molecular formula is C26H24F3N3O2S. The molecule has 0 radical (unpaired) electrons. The van der Waals surface area contributed by atoms with Crippen LogP contribution in [0.3, 0.4) is 0 Å². The zero-order valence-electron chi connectivity index (χ0n) is 19.6. The fourth-order valence-corrected chi connectivity index (χ4v) is 6.17. The average Bonchev–Trinajstić information content (AvgIpc) is 3.33. The molecule has 182 valence electrons. The van der Waals surface area contributed by atoms with Crippen molar-refractivity contribution < 1.29 is 22.7 Å². The highest BCUT2D eigenvalue weighted by Gasteiger charge is 2.31. The van der Waals surface area contributed by atoms with Crippen LogP contribution in [0, 0.1) is 19.8 Å². The number of aryl methyl sites for hydroxylation is 2. The summed E-state index contributed by atoms with van der Waals surface area (Å²) in [6, 6.07) is 6.76. The van der Waals surface area contributed by atoms with Gasteiger partial charge in [0.2, 0.25) is 11.7 Å². The number of aromatic nitrogens is 3. The van der Waals surface area contributed by atoms with E-state index in [2.05, 4.69) is 16.9 Å². The number of alkyl halides is 3. The Bertz CT molecular complexity index is 1440. The summed E-state index contributed by atoms with van der Waals surface area (Å²) < 4.78 is 47.2. The highest BCUT2D eigenvalue weighted by Crippen LogP contribution is 2.40. The highest BCUT2D eigenvalue weighted by atomic mass is 32.1. The number of ether oxygens (including phenoxy) is 1. The number of thiophene rings is 1. The first-order chi connectivity index (χ1) is 16.6. The lowest BCUT2D eigenvalue weighted by molar-refractivity contribution is -0.137. The molecule has 0 aliphatic heterocycles. The molecule has 0 spiro atoms. The van der Waals surface area contributed by atoms with Gasteiger partial charge in [0.1, 0.15) is 11.2 Å². The second-order valence-corrected chi connectivity index (χ2v) is 10.2. The highest BCUT2D eigenvalue weighted by molar-refractivity contribution is 7.18. The molecule has 5 rings (SSSR count). The molecule has 35 heavy (non-hydrogen) atoms. The van der Waals surface area contributed by atoms with Crippen LogP contribution in [0.2, 0.25) is 0 Å². The lowest BCUT2D eigenvalue weighted by Crippen LogP contribution is -2.14. The SMILES string of the molecule is Cc1cc(C(=O)COc2ncnc3sc4c(c23)CCC(C)C4)c(C)n1-c1cccc(C(F)(F)F)c1. The van der Waals surface area contributed by atoms with Crippen molar-refractivity contribution in [3.8, 4) is 11.6 Å². The van der Waals surface area contributed by atoms with E-state index in [0.717, 1.165) is 41.6 Å². The maximum absolute atomic E-state index is 13.2. The van der Waals surface area contributed by atoms with Crippen LogP contribution < -0.4 is 4.74 Å². The second-order valence-electron chi connectivity index (χ2n) is 9.09. The van der Waals surface area contributed by atoms with Crippen molar-refractivity contribution in [2.45, 2.75) is 46.2 Å². The number of fused-ring (bicyclic) bond motifs is 3. The molecule has 0 amide bonds. The number of rotatable bonds is 5. The van der Waals surface area contributed by atoms with Gasteiger partial charge in [0.25, 0.3) is 0 Å². The number of Topliss-reactive ketones (excluding diaryl/α,β-unsaturated/α-hetero) is 1. The normalized spacial score (nSPS) is 15.9. The summed E-state index contributed by atoms with van der Waals surface area (Å²) in [6.07, 6.45) is 0.0441. The van der Waals surface area contributed by atoms with Gasteiger partial charge in [-0.15, -0.1) is 11.3 Å². The molecule has 1 aromatic carbocycles. The topological polar surface area (TPSA) is 57.0 Å². The number of benzene rings is 1. The Morgan fingerprint density at radius 2 is 2.03 bits per heavy atom. The Labute approximate surface area is 204 Å². The largest absolute Gasteiger partial charge is 0.469 e. The first-order valence-electron chi connectivity index (χ1n) is 11.4. The third-order valence-corrected chi connectivity index (χ3v) is 7.72. The van der Waals surface area contributed by atoms with Crippen molar-refractivity contribution in [2.75, 3.05) is 6.61 Å². The minimum absolute atomic E-state index is 0.222. The van der Waals surface area contributed by atoms with Gasteiger partial charge in [0.15, 0.2) is 6.61 Å². The first kappa shape index (κ1) is 23.5. The van der Waals surface area contributed by atoms with E-state index in [4.69, 9.17) is 4.74 Å². The molecule has 3 heterocycles. The predicted molar refractivity (Wildman–Crippen MR) is 129 cm³/mol. The van der Waals surface area contributed by atoms with Crippen LogP contribution in [0.5, 0.6) is 5.88 Å². The van der Waals surface area contributed by atoms with Crippen molar-refractivity contribution in [1.29, 1.82) is 0 Å². The molecule has 0 bridgehead atoms. The molecule has 0 N–H and O–H groups in total. The van der Waals surface area contributed by atoms with E-state index >= 15 is 0 Å². The smallest absolute Gasteiger partial charge is 0.416 e. The Kier molecular flexibility index (Phi) is 5.91. The first-order valence-corrected chi connectivity index (χ1v) is 12.2. The number of hydrogen-bond donors (Lipinski definition) is 0. The molecule has 1 unspecified atom stereocenters. The quantitative estimate of drug-likeness (QED) is 0.294. The molecule has 3 aromatic heterocycles. The van der Waals surface area contributed by atoms with Gasteiger partial charge in [-0.3, -0.25) is 4.79 Å². The van der Waals surface area contributed by atoms with Gasteiger partial charge < -0.3 is 9.30 Å². The standard InChI is InChI=1S/C26H24F3N3O2S/c1-14-7-8-19-22(9-14)35-25-23(19)24(30-13-31-25)34-12-21(33)20-10-15(2)32(16(20)3)18-6-4-5-17(11-18)26(27,28)29/h4-6,10-11,13-14H,7-9,12H2,1-3H3. The summed E-state index contributed by atoms with van der Waals surface area (Å²) in [7, 11) is 0. The molecule has 5 nitrogen and oxygen atoms in total. The molecule has 9 heteroatoms. The van der Waals surface area contributed by atoms with E-state index < -0.39 is 11.7 Å². The van der Waals surface area contributed by atoms with E-state index in [0.29, 0.717) is 34.4 Å². The van der Waals surface area contributed by atoms with Gasteiger partial charge in [-0.25, -0.2) is 9.97 Å². The number of hydrogen-bond acceptors (Lipinski definition) is 5. The van der Waals surface area contributed by atoms with Crippen LogP contribution in [0.15, 0.2) is 36.7 Å². The van der Waals surface area contributed by atoms with Crippen molar-refractivity contribution in [1.82, 2.24) is 14.5 Å². The lowest BCUT2D eigenvalue weighted by atomic mass is 9.89. The molecule has 1 aliphatic carbocycles. The summed E-state index contributed by atoms with van der Waals surface area (Å²) in [4.78, 5) is 24.0. The fraction of sp³-hybridized carbons (Fsp3) is 0.346. The Morgan fingerprint density at radius 3 is 2.80 bits per heavy atom. The van der Waals surface area contributed by atoms with Gasteiger partial charge in [0.05, 0.1) is 10.9 Å². The van der Waals surface area contributed by atoms with Crippen molar-refractivity contribution in [3.05, 3.63) is 69.6 Å². The number of nitrogens with zero attached hydrogens (tertiary/aromatic N) is 3. The lowest BCUT2D eigenvalue weighted by Gasteiger charge is -2.18. The van der Waals surface area contributed by atoms with Crippen LogP contribution in [0.1, 0.15) is 51.1 Å². The van der Waals surface area contributed by atoms with E-state index in [1.165, 1.54) is 22.8 Å². The minimum atomic E-state index is -4.45. The molecule has 1 aliphatic rings. The summed E-state index contributed by atoms with van der Waals surface area (Å²) in [5.41, 5.74) is 2.47. The predicted octanol–water partition coefficient (Wildman–Crippen LogP) is 6.50. The monoisotopic (exact) mass is 499 g/mol.